The van der Waals surface area contributed by atoms with Crippen molar-refractivity contribution in [1.29, 1.82) is 0 Å². The second-order valence-corrected chi connectivity index (χ2v) is 4.26. The minimum Gasteiger partial charge on any atom is -0.428 e. The van der Waals surface area contributed by atoms with Gasteiger partial charge in [-0.3, -0.25) is 0 Å². The maximum atomic E-state index is 12.7. The highest BCUT2D eigenvalue weighted by molar-refractivity contribution is 5.55. The zero-order valence-electron chi connectivity index (χ0n) is 11.1. The highest BCUT2D eigenvalue weighted by atomic mass is 19.3. The molecule has 0 radical (unpaired) electrons. The lowest BCUT2D eigenvalue weighted by molar-refractivity contribution is -0.253. The van der Waals surface area contributed by atoms with Gasteiger partial charge in [-0.1, -0.05) is 6.92 Å². The van der Waals surface area contributed by atoms with E-state index in [0.717, 1.165) is 12.0 Å². The van der Waals surface area contributed by atoms with E-state index in [9.17, 15) is 17.6 Å². The molecule has 2 aromatic rings. The van der Waals surface area contributed by atoms with Gasteiger partial charge in [0.1, 0.15) is 5.75 Å². The van der Waals surface area contributed by atoms with Crippen molar-refractivity contribution in [2.45, 2.75) is 25.9 Å². The van der Waals surface area contributed by atoms with Gasteiger partial charge in [-0.2, -0.15) is 17.6 Å². The maximum Gasteiger partial charge on any atom is 0.461 e. The molecule has 112 valence electrons. The van der Waals surface area contributed by atoms with E-state index < -0.39 is 12.5 Å². The first-order valence-electron chi connectivity index (χ1n) is 6.18. The highest BCUT2D eigenvalue weighted by Gasteiger charge is 2.43. The van der Waals surface area contributed by atoms with Crippen LogP contribution >= 0.6 is 0 Å². The van der Waals surface area contributed by atoms with Gasteiger partial charge in [0.2, 0.25) is 0 Å². The van der Waals surface area contributed by atoms with Gasteiger partial charge in [-0.15, -0.1) is 0 Å². The molecule has 21 heavy (non-hydrogen) atoms. The molecule has 0 N–H and O–H groups in total. The van der Waals surface area contributed by atoms with Crippen LogP contribution in [0.25, 0.3) is 11.4 Å². The fraction of sp³-hybridized carbons (Fsp3) is 0.286. The van der Waals surface area contributed by atoms with E-state index in [-0.39, 0.29) is 5.75 Å². The number of halogens is 4. The standard InChI is InChI=1S/C14H12F4N2O/c1-2-9-7-19-12(20-8-9)10-3-5-11(6-4-10)21-14(17,18)13(15)16/h3-8,13H,2H2,1H3. The Kier molecular flexibility index (Phi) is 4.40. The molecule has 0 bridgehead atoms. The van der Waals surface area contributed by atoms with E-state index in [1.165, 1.54) is 24.3 Å². The molecule has 0 saturated heterocycles. The third kappa shape index (κ3) is 3.68. The van der Waals surface area contributed by atoms with Crippen molar-refractivity contribution in [3.63, 3.8) is 0 Å². The van der Waals surface area contributed by atoms with E-state index in [1.807, 2.05) is 6.92 Å². The van der Waals surface area contributed by atoms with Gasteiger partial charge in [0, 0.05) is 18.0 Å². The Morgan fingerprint density at radius 1 is 1.10 bits per heavy atom. The minimum atomic E-state index is -4.51. The van der Waals surface area contributed by atoms with Crippen molar-refractivity contribution < 1.29 is 22.3 Å². The van der Waals surface area contributed by atoms with Crippen LogP contribution in [0.4, 0.5) is 17.6 Å². The molecule has 0 aliphatic carbocycles. The Bertz CT molecular complexity index is 585. The summed E-state index contributed by atoms with van der Waals surface area (Å²) >= 11 is 0. The molecule has 0 atom stereocenters. The number of nitrogens with zero attached hydrogens (tertiary/aromatic N) is 2. The van der Waals surface area contributed by atoms with Crippen LogP contribution in [0.3, 0.4) is 0 Å². The second-order valence-electron chi connectivity index (χ2n) is 4.26. The molecule has 3 nitrogen and oxygen atoms in total. The van der Waals surface area contributed by atoms with Crippen LogP contribution in [-0.4, -0.2) is 22.5 Å². The second kappa shape index (κ2) is 6.07. The number of hydrogen-bond acceptors (Lipinski definition) is 3. The normalized spacial score (nSPS) is 11.7. The van der Waals surface area contributed by atoms with E-state index in [0.29, 0.717) is 11.4 Å². The molecule has 0 aliphatic rings. The lowest BCUT2D eigenvalue weighted by Gasteiger charge is -2.16. The van der Waals surface area contributed by atoms with Crippen molar-refractivity contribution in [2.24, 2.45) is 0 Å². The van der Waals surface area contributed by atoms with Crippen molar-refractivity contribution >= 4 is 0 Å². The zero-order chi connectivity index (χ0) is 15.5. The van der Waals surface area contributed by atoms with Gasteiger partial charge in [0.25, 0.3) is 0 Å². The first-order chi connectivity index (χ1) is 9.92. The Labute approximate surface area is 118 Å². The summed E-state index contributed by atoms with van der Waals surface area (Å²) in [7, 11) is 0. The van der Waals surface area contributed by atoms with Crippen molar-refractivity contribution in [1.82, 2.24) is 9.97 Å². The minimum absolute atomic E-state index is 0.353. The van der Waals surface area contributed by atoms with Crippen LogP contribution in [0, 0.1) is 0 Å². The summed E-state index contributed by atoms with van der Waals surface area (Å²) in [6.07, 6.45) is -4.27. The fourth-order valence-electron chi connectivity index (χ4n) is 1.56. The molecule has 7 heteroatoms. The van der Waals surface area contributed by atoms with E-state index in [4.69, 9.17) is 0 Å². The van der Waals surface area contributed by atoms with Gasteiger partial charge < -0.3 is 4.74 Å². The summed E-state index contributed by atoms with van der Waals surface area (Å²) in [4.78, 5) is 8.26. The van der Waals surface area contributed by atoms with Crippen LogP contribution in [-0.2, 0) is 6.42 Å². The van der Waals surface area contributed by atoms with Crippen LogP contribution < -0.4 is 4.74 Å². The third-order valence-electron chi connectivity index (χ3n) is 2.73. The number of hydrogen-bond donors (Lipinski definition) is 0. The average Bonchev–Trinajstić information content (AvgIpc) is 2.48. The van der Waals surface area contributed by atoms with Gasteiger partial charge in [-0.25, -0.2) is 9.97 Å². The molecule has 0 unspecified atom stereocenters. The molecular weight excluding hydrogens is 288 g/mol. The summed E-state index contributed by atoms with van der Waals surface area (Å²) in [6, 6.07) is 5.20. The summed E-state index contributed by atoms with van der Waals surface area (Å²) in [5.41, 5.74) is 1.54. The topological polar surface area (TPSA) is 35.0 Å². The summed E-state index contributed by atoms with van der Waals surface area (Å²) in [6.45, 7) is 1.97. The molecule has 1 aromatic carbocycles. The smallest absolute Gasteiger partial charge is 0.428 e. The molecule has 0 fully saturated rings. The van der Waals surface area contributed by atoms with E-state index in [2.05, 4.69) is 14.7 Å². The van der Waals surface area contributed by atoms with Gasteiger partial charge in [0.15, 0.2) is 5.82 Å². The first-order valence-corrected chi connectivity index (χ1v) is 6.18. The molecule has 1 heterocycles. The third-order valence-corrected chi connectivity index (χ3v) is 2.73. The van der Waals surface area contributed by atoms with Crippen molar-refractivity contribution in [2.75, 3.05) is 0 Å². The average molecular weight is 300 g/mol. The predicted molar refractivity (Wildman–Crippen MR) is 68.4 cm³/mol. The summed E-state index contributed by atoms with van der Waals surface area (Å²) < 4.78 is 53.5. The van der Waals surface area contributed by atoms with Crippen molar-refractivity contribution in [3.05, 3.63) is 42.2 Å². The van der Waals surface area contributed by atoms with Crippen LogP contribution in [0.5, 0.6) is 5.75 Å². The van der Waals surface area contributed by atoms with Crippen molar-refractivity contribution in [3.8, 4) is 17.1 Å². The van der Waals surface area contributed by atoms with Crippen LogP contribution in [0.1, 0.15) is 12.5 Å². The monoisotopic (exact) mass is 300 g/mol. The van der Waals surface area contributed by atoms with Gasteiger partial charge in [0.05, 0.1) is 0 Å². The number of aromatic nitrogens is 2. The molecule has 1 aromatic heterocycles. The van der Waals surface area contributed by atoms with Crippen LogP contribution in [0.15, 0.2) is 36.7 Å². The molecular formula is C14H12F4N2O. The Morgan fingerprint density at radius 2 is 1.67 bits per heavy atom. The summed E-state index contributed by atoms with van der Waals surface area (Å²) in [5.74, 6) is 0.0635. The lowest BCUT2D eigenvalue weighted by atomic mass is 10.2. The molecule has 0 saturated carbocycles. The quantitative estimate of drug-likeness (QED) is 0.784. The Hall–Kier alpha value is -2.18. The number of aryl methyl sites for hydroxylation is 1. The first kappa shape index (κ1) is 15.2. The zero-order valence-corrected chi connectivity index (χ0v) is 11.1. The lowest BCUT2D eigenvalue weighted by Crippen LogP contribution is -2.33. The van der Waals surface area contributed by atoms with E-state index >= 15 is 0 Å². The SMILES string of the molecule is CCc1cnc(-c2ccc(OC(F)(F)C(F)F)cc2)nc1. The van der Waals surface area contributed by atoms with Gasteiger partial charge >= 0.3 is 12.5 Å². The van der Waals surface area contributed by atoms with Crippen LogP contribution in [0.2, 0.25) is 0 Å². The van der Waals surface area contributed by atoms with E-state index in [1.54, 1.807) is 12.4 Å². The molecule has 0 aliphatic heterocycles. The summed E-state index contributed by atoms with van der Waals surface area (Å²) in [5, 5.41) is 0. The predicted octanol–water partition coefficient (Wildman–Crippen LogP) is 3.94. The number of ether oxygens (including phenoxy) is 1. The fourth-order valence-corrected chi connectivity index (χ4v) is 1.56. The Morgan fingerprint density at radius 3 is 2.14 bits per heavy atom. The Balaban J connectivity index is 2.14. The molecule has 0 amide bonds. The number of benzene rings is 1. The molecule has 2 rings (SSSR count). The maximum absolute atomic E-state index is 12.7. The highest BCUT2D eigenvalue weighted by Crippen LogP contribution is 2.28. The molecule has 0 spiro atoms. The largest absolute Gasteiger partial charge is 0.461 e. The number of alkyl halides is 4. The van der Waals surface area contributed by atoms with Gasteiger partial charge in [-0.05, 0) is 36.2 Å². The number of rotatable bonds is 5.